The Morgan fingerprint density at radius 3 is 2.59 bits per heavy atom. The molecule has 4 nitrogen and oxygen atoms in total. The van der Waals surface area contributed by atoms with Gasteiger partial charge in [-0.05, 0) is 37.8 Å². The molecule has 2 aromatic rings. The average Bonchev–Trinajstić information content (AvgIpc) is 2.58. The molecule has 1 N–H and O–H groups in total. The molecule has 0 aliphatic heterocycles. The van der Waals surface area contributed by atoms with Crippen LogP contribution in [0.4, 0.5) is 0 Å². The average molecular weight is 362 g/mol. The number of aromatic nitrogens is 2. The molecular formula is C11H10Br2N2O2. The molecule has 0 saturated heterocycles. The first-order valence-corrected chi connectivity index (χ1v) is 6.62. The Hall–Kier alpha value is -0.880. The van der Waals surface area contributed by atoms with E-state index in [-0.39, 0.29) is 11.5 Å². The van der Waals surface area contributed by atoms with Crippen molar-refractivity contribution < 1.29 is 4.42 Å². The van der Waals surface area contributed by atoms with E-state index in [4.69, 9.17) is 4.42 Å². The SMILES string of the molecule is CC(C)c1cc(=O)[nH]c(-c2cc(Br)c(Br)o2)n1. The fraction of sp³-hybridized carbons (Fsp3) is 0.273. The largest absolute Gasteiger partial charge is 0.445 e. The third-order valence-corrected chi connectivity index (χ3v) is 3.94. The first-order chi connectivity index (χ1) is 7.97. The summed E-state index contributed by atoms with van der Waals surface area (Å²) < 4.78 is 6.78. The van der Waals surface area contributed by atoms with Gasteiger partial charge in [-0.2, -0.15) is 0 Å². The summed E-state index contributed by atoms with van der Waals surface area (Å²) in [6, 6.07) is 3.26. The number of hydrogen-bond acceptors (Lipinski definition) is 3. The molecule has 0 aliphatic carbocycles. The summed E-state index contributed by atoms with van der Waals surface area (Å²) in [5, 5.41) is 0. The van der Waals surface area contributed by atoms with Crippen molar-refractivity contribution in [2.45, 2.75) is 19.8 Å². The maximum absolute atomic E-state index is 11.5. The quantitative estimate of drug-likeness (QED) is 0.887. The number of halogens is 2. The minimum atomic E-state index is -0.178. The van der Waals surface area contributed by atoms with Crippen LogP contribution >= 0.6 is 31.9 Å². The standard InChI is InChI=1S/C11H10Br2N2O2/c1-5(2)7-4-9(16)15-11(14-7)8-3-6(12)10(13)17-8/h3-5H,1-2H3,(H,14,15,16). The van der Waals surface area contributed by atoms with Gasteiger partial charge in [-0.25, -0.2) is 4.98 Å². The third kappa shape index (κ3) is 2.69. The van der Waals surface area contributed by atoms with Gasteiger partial charge in [0.05, 0.1) is 10.2 Å². The summed E-state index contributed by atoms with van der Waals surface area (Å²) in [4.78, 5) is 18.5. The van der Waals surface area contributed by atoms with Gasteiger partial charge in [0.15, 0.2) is 16.3 Å². The Morgan fingerprint density at radius 2 is 2.06 bits per heavy atom. The van der Waals surface area contributed by atoms with Crippen LogP contribution in [0.2, 0.25) is 0 Å². The summed E-state index contributed by atoms with van der Waals surface area (Å²) in [6.07, 6.45) is 0. The zero-order valence-corrected chi connectivity index (χ0v) is 12.4. The number of rotatable bonds is 2. The molecule has 0 radical (unpaired) electrons. The minimum Gasteiger partial charge on any atom is -0.445 e. The van der Waals surface area contributed by atoms with E-state index in [1.54, 1.807) is 6.07 Å². The smallest absolute Gasteiger partial charge is 0.251 e. The second kappa shape index (κ2) is 4.78. The maximum atomic E-state index is 11.5. The second-order valence-electron chi connectivity index (χ2n) is 3.91. The number of hydrogen-bond donors (Lipinski definition) is 1. The Balaban J connectivity index is 2.55. The Bertz CT molecular complexity index is 582. The molecule has 0 unspecified atom stereocenters. The summed E-state index contributed by atoms with van der Waals surface area (Å²) in [5.74, 6) is 1.15. The number of aromatic amines is 1. The van der Waals surface area contributed by atoms with E-state index in [2.05, 4.69) is 41.8 Å². The molecule has 0 amide bonds. The molecule has 0 aliphatic rings. The fourth-order valence-electron chi connectivity index (χ4n) is 1.35. The zero-order valence-electron chi connectivity index (χ0n) is 9.25. The first kappa shape index (κ1) is 12.6. The lowest BCUT2D eigenvalue weighted by Gasteiger charge is -2.04. The molecule has 2 rings (SSSR count). The molecule has 17 heavy (non-hydrogen) atoms. The molecule has 0 aromatic carbocycles. The maximum Gasteiger partial charge on any atom is 0.251 e. The van der Waals surface area contributed by atoms with Crippen LogP contribution in [0.15, 0.2) is 30.5 Å². The molecule has 0 saturated carbocycles. The van der Waals surface area contributed by atoms with Crippen LogP contribution in [-0.2, 0) is 0 Å². The van der Waals surface area contributed by atoms with Gasteiger partial charge in [-0.15, -0.1) is 0 Å². The second-order valence-corrected chi connectivity index (χ2v) is 5.48. The van der Waals surface area contributed by atoms with Gasteiger partial charge in [-0.3, -0.25) is 4.79 Å². The Labute approximate surface area is 115 Å². The van der Waals surface area contributed by atoms with Gasteiger partial charge in [0.2, 0.25) is 0 Å². The van der Waals surface area contributed by atoms with Crippen LogP contribution in [0.3, 0.4) is 0 Å². The van der Waals surface area contributed by atoms with Crippen LogP contribution in [-0.4, -0.2) is 9.97 Å². The molecule has 0 spiro atoms. The molecule has 2 heterocycles. The summed E-state index contributed by atoms with van der Waals surface area (Å²) in [7, 11) is 0. The monoisotopic (exact) mass is 360 g/mol. The fourth-order valence-corrected chi connectivity index (χ4v) is 1.93. The highest BCUT2D eigenvalue weighted by atomic mass is 79.9. The normalized spacial score (nSPS) is 11.1. The highest BCUT2D eigenvalue weighted by molar-refractivity contribution is 9.13. The van der Waals surface area contributed by atoms with Crippen LogP contribution in [0.5, 0.6) is 0 Å². The van der Waals surface area contributed by atoms with Crippen molar-refractivity contribution in [2.24, 2.45) is 0 Å². The van der Waals surface area contributed by atoms with Crippen LogP contribution < -0.4 is 5.56 Å². The summed E-state index contributed by atoms with van der Waals surface area (Å²) in [6.45, 7) is 3.97. The number of nitrogens with zero attached hydrogens (tertiary/aromatic N) is 1. The van der Waals surface area contributed by atoms with Gasteiger partial charge < -0.3 is 9.40 Å². The molecule has 2 aromatic heterocycles. The number of nitrogens with one attached hydrogen (secondary N) is 1. The molecular weight excluding hydrogens is 352 g/mol. The van der Waals surface area contributed by atoms with Crippen molar-refractivity contribution in [3.05, 3.63) is 37.3 Å². The van der Waals surface area contributed by atoms with Crippen molar-refractivity contribution in [1.82, 2.24) is 9.97 Å². The van der Waals surface area contributed by atoms with Gasteiger partial charge >= 0.3 is 0 Å². The summed E-state index contributed by atoms with van der Waals surface area (Å²) in [5.41, 5.74) is 0.565. The summed E-state index contributed by atoms with van der Waals surface area (Å²) >= 11 is 6.56. The predicted octanol–water partition coefficient (Wildman–Crippen LogP) is 3.68. The third-order valence-electron chi connectivity index (χ3n) is 2.23. The van der Waals surface area contributed by atoms with Gasteiger partial charge in [0, 0.05) is 12.1 Å². The lowest BCUT2D eigenvalue weighted by atomic mass is 10.1. The van der Waals surface area contributed by atoms with E-state index in [1.807, 2.05) is 13.8 Å². The highest BCUT2D eigenvalue weighted by Gasteiger charge is 2.12. The highest BCUT2D eigenvalue weighted by Crippen LogP contribution is 2.31. The minimum absolute atomic E-state index is 0.178. The van der Waals surface area contributed by atoms with E-state index >= 15 is 0 Å². The lowest BCUT2D eigenvalue weighted by Crippen LogP contribution is -2.10. The Kier molecular flexibility index (Phi) is 3.53. The van der Waals surface area contributed by atoms with E-state index < -0.39 is 0 Å². The Morgan fingerprint density at radius 1 is 1.35 bits per heavy atom. The lowest BCUT2D eigenvalue weighted by molar-refractivity contribution is 0.548. The number of H-pyrrole nitrogens is 1. The molecule has 0 bridgehead atoms. The van der Waals surface area contributed by atoms with Gasteiger partial charge in [0.25, 0.3) is 5.56 Å². The van der Waals surface area contributed by atoms with E-state index in [0.717, 1.165) is 10.2 Å². The predicted molar refractivity (Wildman–Crippen MR) is 72.0 cm³/mol. The molecule has 90 valence electrons. The van der Waals surface area contributed by atoms with Crippen molar-refractivity contribution in [2.75, 3.05) is 0 Å². The van der Waals surface area contributed by atoms with E-state index in [9.17, 15) is 4.79 Å². The van der Waals surface area contributed by atoms with Crippen LogP contribution in [0, 0.1) is 0 Å². The molecule has 0 fully saturated rings. The van der Waals surface area contributed by atoms with Gasteiger partial charge in [0.1, 0.15) is 0 Å². The zero-order chi connectivity index (χ0) is 12.6. The van der Waals surface area contributed by atoms with Crippen LogP contribution in [0.1, 0.15) is 25.5 Å². The van der Waals surface area contributed by atoms with E-state index in [0.29, 0.717) is 16.3 Å². The van der Waals surface area contributed by atoms with Crippen LogP contribution in [0.25, 0.3) is 11.6 Å². The van der Waals surface area contributed by atoms with Gasteiger partial charge in [-0.1, -0.05) is 13.8 Å². The first-order valence-electron chi connectivity index (χ1n) is 5.04. The molecule has 0 atom stereocenters. The number of furan rings is 1. The van der Waals surface area contributed by atoms with E-state index in [1.165, 1.54) is 6.07 Å². The van der Waals surface area contributed by atoms with Crippen molar-refractivity contribution in [3.8, 4) is 11.6 Å². The topological polar surface area (TPSA) is 58.9 Å². The van der Waals surface area contributed by atoms with Crippen molar-refractivity contribution >= 4 is 31.9 Å². The van der Waals surface area contributed by atoms with Crippen molar-refractivity contribution in [3.63, 3.8) is 0 Å². The molecule has 6 heteroatoms. The van der Waals surface area contributed by atoms with Crippen molar-refractivity contribution in [1.29, 1.82) is 0 Å².